The zero-order valence-corrected chi connectivity index (χ0v) is 16.6. The predicted octanol–water partition coefficient (Wildman–Crippen LogP) is 4.75. The Balaban J connectivity index is 1.76. The van der Waals surface area contributed by atoms with Gasteiger partial charge < -0.3 is 10.1 Å². The number of aromatic nitrogens is 1. The molecule has 5 nitrogen and oxygen atoms in total. The molecule has 1 aromatic carbocycles. The Kier molecular flexibility index (Phi) is 7.75. The number of halogens is 2. The van der Waals surface area contributed by atoms with E-state index >= 15 is 0 Å². The third-order valence-corrected chi connectivity index (χ3v) is 4.83. The van der Waals surface area contributed by atoms with E-state index in [1.54, 1.807) is 11.8 Å². The lowest BCUT2D eigenvalue weighted by atomic mass is 10.2. The summed E-state index contributed by atoms with van der Waals surface area (Å²) in [6.45, 7) is 3.51. The highest BCUT2D eigenvalue weighted by molar-refractivity contribution is 7.99. The summed E-state index contributed by atoms with van der Waals surface area (Å²) >= 11 is 13.3. The first-order valence-electron chi connectivity index (χ1n) is 7.86. The van der Waals surface area contributed by atoms with Crippen LogP contribution in [0.2, 0.25) is 10.0 Å². The molecular weight excluding hydrogens is 395 g/mol. The van der Waals surface area contributed by atoms with Crippen LogP contribution in [0.3, 0.4) is 0 Å². The number of anilines is 1. The first kappa shape index (κ1) is 20.6. The summed E-state index contributed by atoms with van der Waals surface area (Å²) < 4.78 is 5.14. The quantitative estimate of drug-likeness (QED) is 0.524. The van der Waals surface area contributed by atoms with E-state index in [-0.39, 0.29) is 17.3 Å². The van der Waals surface area contributed by atoms with Crippen LogP contribution in [0.5, 0.6) is 0 Å². The molecule has 0 aliphatic heterocycles. The summed E-state index contributed by atoms with van der Waals surface area (Å²) in [4.78, 5) is 29.0. The fourth-order valence-corrected chi connectivity index (χ4v) is 3.18. The minimum Gasteiger partial charge on any atom is -0.453 e. The van der Waals surface area contributed by atoms with Crippen LogP contribution in [0, 0.1) is 6.92 Å². The molecule has 138 valence electrons. The van der Waals surface area contributed by atoms with Crippen molar-refractivity contribution in [1.29, 1.82) is 0 Å². The van der Waals surface area contributed by atoms with Crippen LogP contribution < -0.4 is 5.32 Å². The lowest BCUT2D eigenvalue weighted by molar-refractivity contribution is -0.152. The standard InChI is InChI=1S/C18H18Cl2N2O3S/c1-11-3-5-14(6-4-11)26-8-7-16(23)25-12(2)18(24)22-17-15(20)9-13(19)10-21-17/h3-6,9-10,12H,7-8H2,1-2H3,(H,21,22,24)/t12-/m0/s1. The Bertz CT molecular complexity index is 785. The molecule has 2 aromatic rings. The zero-order valence-electron chi connectivity index (χ0n) is 14.3. The number of thioether (sulfide) groups is 1. The van der Waals surface area contributed by atoms with Gasteiger partial charge in [0.05, 0.1) is 16.5 Å². The summed E-state index contributed by atoms with van der Waals surface area (Å²) in [5, 5.41) is 3.07. The van der Waals surface area contributed by atoms with Crippen molar-refractivity contribution >= 4 is 52.7 Å². The Morgan fingerprint density at radius 3 is 2.62 bits per heavy atom. The van der Waals surface area contributed by atoms with E-state index in [0.717, 1.165) is 4.90 Å². The summed E-state index contributed by atoms with van der Waals surface area (Å²) in [5.74, 6) is -0.219. The number of carbonyl (C=O) groups excluding carboxylic acids is 2. The average Bonchev–Trinajstić information content (AvgIpc) is 2.59. The number of hydrogen-bond donors (Lipinski definition) is 1. The molecule has 1 aromatic heterocycles. The highest BCUT2D eigenvalue weighted by atomic mass is 35.5. The number of carbonyl (C=O) groups is 2. The van der Waals surface area contributed by atoms with Crippen molar-refractivity contribution in [3.8, 4) is 0 Å². The predicted molar refractivity (Wildman–Crippen MR) is 105 cm³/mol. The minimum atomic E-state index is -0.958. The van der Waals surface area contributed by atoms with Gasteiger partial charge in [-0.2, -0.15) is 0 Å². The molecule has 0 aliphatic carbocycles. The molecule has 1 N–H and O–H groups in total. The van der Waals surface area contributed by atoms with Gasteiger partial charge in [-0.3, -0.25) is 9.59 Å². The van der Waals surface area contributed by atoms with Gasteiger partial charge in [0.2, 0.25) is 0 Å². The third-order valence-electron chi connectivity index (χ3n) is 3.32. The molecule has 0 unspecified atom stereocenters. The second-order valence-electron chi connectivity index (χ2n) is 5.52. The second kappa shape index (κ2) is 9.80. The van der Waals surface area contributed by atoms with E-state index in [9.17, 15) is 9.59 Å². The van der Waals surface area contributed by atoms with E-state index in [4.69, 9.17) is 27.9 Å². The highest BCUT2D eigenvalue weighted by Gasteiger charge is 2.19. The number of nitrogens with zero attached hydrogens (tertiary/aromatic N) is 1. The molecule has 0 radical (unpaired) electrons. The lowest BCUT2D eigenvalue weighted by Crippen LogP contribution is -2.30. The minimum absolute atomic E-state index is 0.166. The largest absolute Gasteiger partial charge is 0.453 e. The van der Waals surface area contributed by atoms with Gasteiger partial charge in [-0.05, 0) is 32.0 Å². The summed E-state index contributed by atoms with van der Waals surface area (Å²) in [7, 11) is 0. The number of ether oxygens (including phenoxy) is 1. The SMILES string of the molecule is Cc1ccc(SCCC(=O)O[C@@H](C)C(=O)Nc2ncc(Cl)cc2Cl)cc1. The fourth-order valence-electron chi connectivity index (χ4n) is 1.92. The van der Waals surface area contributed by atoms with Gasteiger partial charge in [0, 0.05) is 16.8 Å². The van der Waals surface area contributed by atoms with Gasteiger partial charge in [-0.15, -0.1) is 11.8 Å². The maximum absolute atomic E-state index is 12.1. The van der Waals surface area contributed by atoms with Crippen LogP contribution in [0.15, 0.2) is 41.4 Å². The van der Waals surface area contributed by atoms with E-state index in [1.165, 1.54) is 24.8 Å². The molecule has 8 heteroatoms. The smallest absolute Gasteiger partial charge is 0.307 e. The number of aryl methyl sites for hydroxylation is 1. The van der Waals surface area contributed by atoms with Crippen molar-refractivity contribution in [2.24, 2.45) is 0 Å². The Morgan fingerprint density at radius 1 is 1.27 bits per heavy atom. The number of esters is 1. The normalized spacial score (nSPS) is 11.7. The van der Waals surface area contributed by atoms with Crippen molar-refractivity contribution in [2.75, 3.05) is 11.1 Å². The molecule has 1 heterocycles. The number of hydrogen-bond acceptors (Lipinski definition) is 5. The van der Waals surface area contributed by atoms with Crippen molar-refractivity contribution < 1.29 is 14.3 Å². The molecule has 1 amide bonds. The topological polar surface area (TPSA) is 68.3 Å². The molecule has 26 heavy (non-hydrogen) atoms. The van der Waals surface area contributed by atoms with E-state index in [2.05, 4.69) is 10.3 Å². The molecule has 2 rings (SSSR count). The monoisotopic (exact) mass is 412 g/mol. The van der Waals surface area contributed by atoms with Crippen molar-refractivity contribution in [3.63, 3.8) is 0 Å². The fraction of sp³-hybridized carbons (Fsp3) is 0.278. The number of nitrogens with one attached hydrogen (secondary N) is 1. The van der Waals surface area contributed by atoms with Crippen LogP contribution in [-0.2, 0) is 14.3 Å². The van der Waals surface area contributed by atoms with Crippen LogP contribution >= 0.6 is 35.0 Å². The van der Waals surface area contributed by atoms with Gasteiger partial charge in [0.25, 0.3) is 5.91 Å². The van der Waals surface area contributed by atoms with Crippen molar-refractivity contribution in [1.82, 2.24) is 4.98 Å². The van der Waals surface area contributed by atoms with E-state index < -0.39 is 18.0 Å². The highest BCUT2D eigenvalue weighted by Crippen LogP contribution is 2.23. The molecular formula is C18H18Cl2N2O3S. The van der Waals surface area contributed by atoms with Crippen LogP contribution in [0.1, 0.15) is 18.9 Å². The average molecular weight is 413 g/mol. The summed E-state index contributed by atoms with van der Waals surface area (Å²) in [6.07, 6.45) is 0.610. The van der Waals surface area contributed by atoms with Crippen LogP contribution in [0.4, 0.5) is 5.82 Å². The first-order chi connectivity index (χ1) is 12.3. The second-order valence-corrected chi connectivity index (χ2v) is 7.53. The van der Waals surface area contributed by atoms with Gasteiger partial charge in [0.15, 0.2) is 11.9 Å². The molecule has 0 fully saturated rings. The number of amides is 1. The lowest BCUT2D eigenvalue weighted by Gasteiger charge is -2.13. The Hall–Kier alpha value is -1.76. The molecule has 0 saturated carbocycles. The third kappa shape index (κ3) is 6.52. The van der Waals surface area contributed by atoms with Crippen LogP contribution in [-0.4, -0.2) is 28.7 Å². The summed E-state index contributed by atoms with van der Waals surface area (Å²) in [6, 6.07) is 9.51. The molecule has 1 atom stereocenters. The van der Waals surface area contributed by atoms with Crippen LogP contribution in [0.25, 0.3) is 0 Å². The summed E-state index contributed by atoms with van der Waals surface area (Å²) in [5.41, 5.74) is 1.18. The van der Waals surface area contributed by atoms with Gasteiger partial charge in [-0.1, -0.05) is 40.9 Å². The van der Waals surface area contributed by atoms with Gasteiger partial charge in [-0.25, -0.2) is 4.98 Å². The van der Waals surface area contributed by atoms with Crippen molar-refractivity contribution in [3.05, 3.63) is 52.1 Å². The molecule has 0 saturated heterocycles. The molecule has 0 aliphatic rings. The number of benzene rings is 1. The van der Waals surface area contributed by atoms with Crippen molar-refractivity contribution in [2.45, 2.75) is 31.3 Å². The Morgan fingerprint density at radius 2 is 1.96 bits per heavy atom. The first-order valence-corrected chi connectivity index (χ1v) is 9.60. The number of pyridine rings is 1. The Labute approximate surface area is 166 Å². The van der Waals surface area contributed by atoms with E-state index in [0.29, 0.717) is 10.8 Å². The number of rotatable bonds is 7. The molecule has 0 bridgehead atoms. The zero-order chi connectivity index (χ0) is 19.1. The maximum Gasteiger partial charge on any atom is 0.307 e. The molecule has 0 spiro atoms. The van der Waals surface area contributed by atoms with E-state index in [1.807, 2.05) is 31.2 Å². The van der Waals surface area contributed by atoms with Gasteiger partial charge >= 0.3 is 5.97 Å². The maximum atomic E-state index is 12.1. The van der Waals surface area contributed by atoms with Gasteiger partial charge in [0.1, 0.15) is 0 Å².